The van der Waals surface area contributed by atoms with Crippen LogP contribution in [-0.4, -0.2) is 11.8 Å². The molecule has 0 aliphatic rings. The maximum absolute atomic E-state index is 11.4. The predicted octanol–water partition coefficient (Wildman–Crippen LogP) is 2.41. The highest BCUT2D eigenvalue weighted by Gasteiger charge is 2.08. The first-order valence-electron chi connectivity index (χ1n) is 5.85. The zero-order valence-electron chi connectivity index (χ0n) is 10.5. The number of carbonyl (C=O) groups is 2. The number of nitrogens with one attached hydrogen (secondary N) is 1. The molecule has 3 N–H and O–H groups in total. The first kappa shape index (κ1) is 12.8. The fourth-order valence-electron chi connectivity index (χ4n) is 1.89. The van der Waals surface area contributed by atoms with Gasteiger partial charge in [-0.05, 0) is 29.3 Å². The lowest BCUT2D eigenvalue weighted by Crippen LogP contribution is -2.12. The van der Waals surface area contributed by atoms with Crippen LogP contribution < -0.4 is 11.1 Å². The molecule has 0 aliphatic heterocycles. The summed E-state index contributed by atoms with van der Waals surface area (Å²) in [7, 11) is 0. The number of benzene rings is 2. The van der Waals surface area contributed by atoms with E-state index in [2.05, 4.69) is 5.32 Å². The lowest BCUT2D eigenvalue weighted by molar-refractivity contribution is -0.114. The quantitative estimate of drug-likeness (QED) is 0.882. The van der Waals surface area contributed by atoms with Crippen molar-refractivity contribution in [3.8, 4) is 11.1 Å². The van der Waals surface area contributed by atoms with E-state index in [0.29, 0.717) is 11.3 Å². The van der Waals surface area contributed by atoms with Gasteiger partial charge in [0.15, 0.2) is 0 Å². The average molecular weight is 254 g/mol. The van der Waals surface area contributed by atoms with Crippen molar-refractivity contribution in [2.75, 3.05) is 5.32 Å². The van der Waals surface area contributed by atoms with Gasteiger partial charge >= 0.3 is 0 Å². The topological polar surface area (TPSA) is 72.2 Å². The Morgan fingerprint density at radius 2 is 1.63 bits per heavy atom. The van der Waals surface area contributed by atoms with Crippen molar-refractivity contribution in [3.63, 3.8) is 0 Å². The molecule has 4 heteroatoms. The van der Waals surface area contributed by atoms with Crippen molar-refractivity contribution in [1.29, 1.82) is 0 Å². The van der Waals surface area contributed by atoms with E-state index in [1.54, 1.807) is 24.3 Å². The van der Waals surface area contributed by atoms with E-state index >= 15 is 0 Å². The Morgan fingerprint density at radius 1 is 1.00 bits per heavy atom. The van der Waals surface area contributed by atoms with Crippen LogP contribution >= 0.6 is 0 Å². The molecule has 0 unspecified atom stereocenters. The van der Waals surface area contributed by atoms with Gasteiger partial charge in [-0.1, -0.05) is 30.3 Å². The number of carbonyl (C=O) groups excluding carboxylic acids is 2. The SMILES string of the molecule is CC(=O)Nc1ccc(-c2ccccc2C(N)=O)cc1. The van der Waals surface area contributed by atoms with Crippen molar-refractivity contribution >= 4 is 17.5 Å². The molecule has 0 aromatic heterocycles. The number of amides is 2. The summed E-state index contributed by atoms with van der Waals surface area (Å²) in [4.78, 5) is 22.3. The fraction of sp³-hybridized carbons (Fsp3) is 0.0667. The minimum atomic E-state index is -0.457. The monoisotopic (exact) mass is 254 g/mol. The Labute approximate surface area is 111 Å². The molecular formula is C15H14N2O2. The maximum atomic E-state index is 11.4. The highest BCUT2D eigenvalue weighted by Crippen LogP contribution is 2.24. The minimum absolute atomic E-state index is 0.120. The maximum Gasteiger partial charge on any atom is 0.249 e. The van der Waals surface area contributed by atoms with Crippen molar-refractivity contribution in [1.82, 2.24) is 0 Å². The highest BCUT2D eigenvalue weighted by molar-refractivity contribution is 6.00. The second-order valence-corrected chi connectivity index (χ2v) is 4.17. The average Bonchev–Trinajstić information content (AvgIpc) is 2.39. The lowest BCUT2D eigenvalue weighted by Gasteiger charge is -2.08. The molecule has 96 valence electrons. The summed E-state index contributed by atoms with van der Waals surface area (Å²) in [6, 6.07) is 14.4. The zero-order chi connectivity index (χ0) is 13.8. The third-order valence-electron chi connectivity index (χ3n) is 2.71. The summed E-state index contributed by atoms with van der Waals surface area (Å²) >= 11 is 0. The van der Waals surface area contributed by atoms with Gasteiger partial charge in [0.05, 0.1) is 0 Å². The van der Waals surface area contributed by atoms with Crippen LogP contribution in [0.2, 0.25) is 0 Å². The largest absolute Gasteiger partial charge is 0.366 e. The lowest BCUT2D eigenvalue weighted by atomic mass is 9.99. The molecule has 0 bridgehead atoms. The van der Waals surface area contributed by atoms with Crippen LogP contribution in [0.15, 0.2) is 48.5 Å². The second-order valence-electron chi connectivity index (χ2n) is 4.17. The van der Waals surface area contributed by atoms with E-state index in [-0.39, 0.29) is 5.91 Å². The van der Waals surface area contributed by atoms with Crippen molar-refractivity contribution < 1.29 is 9.59 Å². The summed E-state index contributed by atoms with van der Waals surface area (Å²) in [5.74, 6) is -0.577. The normalized spacial score (nSPS) is 9.95. The van der Waals surface area contributed by atoms with E-state index in [9.17, 15) is 9.59 Å². The summed E-state index contributed by atoms with van der Waals surface area (Å²) in [6.45, 7) is 1.45. The van der Waals surface area contributed by atoms with Crippen molar-refractivity contribution in [2.24, 2.45) is 5.73 Å². The van der Waals surface area contributed by atoms with Crippen LogP contribution in [0.5, 0.6) is 0 Å². The van der Waals surface area contributed by atoms with Gasteiger partial charge in [0.2, 0.25) is 11.8 Å². The van der Waals surface area contributed by atoms with Gasteiger partial charge in [0, 0.05) is 18.2 Å². The van der Waals surface area contributed by atoms with Gasteiger partial charge in [-0.3, -0.25) is 9.59 Å². The predicted molar refractivity (Wildman–Crippen MR) is 74.7 cm³/mol. The highest BCUT2D eigenvalue weighted by atomic mass is 16.1. The molecule has 2 aromatic rings. The Bertz CT molecular complexity index is 618. The minimum Gasteiger partial charge on any atom is -0.366 e. The fourth-order valence-corrected chi connectivity index (χ4v) is 1.89. The smallest absolute Gasteiger partial charge is 0.249 e. The summed E-state index contributed by atoms with van der Waals surface area (Å²) < 4.78 is 0. The number of nitrogens with two attached hydrogens (primary N) is 1. The molecule has 19 heavy (non-hydrogen) atoms. The Morgan fingerprint density at radius 3 is 2.21 bits per heavy atom. The number of hydrogen-bond acceptors (Lipinski definition) is 2. The molecule has 2 rings (SSSR count). The van der Waals surface area contributed by atoms with Crippen LogP contribution in [0.25, 0.3) is 11.1 Å². The molecule has 0 heterocycles. The van der Waals surface area contributed by atoms with Gasteiger partial charge in [0.1, 0.15) is 0 Å². The van der Waals surface area contributed by atoms with Crippen LogP contribution in [0.3, 0.4) is 0 Å². The molecule has 0 saturated heterocycles. The molecule has 0 fully saturated rings. The number of hydrogen-bond donors (Lipinski definition) is 2. The summed E-state index contributed by atoms with van der Waals surface area (Å²) in [5, 5.41) is 2.69. The third kappa shape index (κ3) is 2.98. The molecule has 0 saturated carbocycles. The number of primary amides is 1. The first-order valence-corrected chi connectivity index (χ1v) is 5.85. The third-order valence-corrected chi connectivity index (χ3v) is 2.71. The molecule has 2 aromatic carbocycles. The molecule has 2 amide bonds. The van der Waals surface area contributed by atoms with Gasteiger partial charge in [-0.15, -0.1) is 0 Å². The van der Waals surface area contributed by atoms with Crippen LogP contribution in [0.4, 0.5) is 5.69 Å². The van der Waals surface area contributed by atoms with Gasteiger partial charge in [-0.2, -0.15) is 0 Å². The number of anilines is 1. The second kappa shape index (κ2) is 5.35. The van der Waals surface area contributed by atoms with Gasteiger partial charge < -0.3 is 11.1 Å². The van der Waals surface area contributed by atoms with E-state index in [4.69, 9.17) is 5.73 Å². The standard InChI is InChI=1S/C15H14N2O2/c1-10(18)17-12-8-6-11(7-9-12)13-4-2-3-5-14(13)15(16)19/h2-9H,1H3,(H2,16,19)(H,17,18). The van der Waals surface area contributed by atoms with Crippen LogP contribution in [0, 0.1) is 0 Å². The summed E-state index contributed by atoms with van der Waals surface area (Å²) in [5.41, 5.74) is 8.21. The zero-order valence-corrected chi connectivity index (χ0v) is 10.5. The van der Waals surface area contributed by atoms with Gasteiger partial charge in [-0.25, -0.2) is 0 Å². The Kier molecular flexibility index (Phi) is 3.61. The van der Waals surface area contributed by atoms with E-state index < -0.39 is 5.91 Å². The number of rotatable bonds is 3. The Hall–Kier alpha value is -2.62. The Balaban J connectivity index is 2.37. The van der Waals surface area contributed by atoms with Gasteiger partial charge in [0.25, 0.3) is 0 Å². The van der Waals surface area contributed by atoms with Crippen LogP contribution in [0.1, 0.15) is 17.3 Å². The molecule has 0 spiro atoms. The van der Waals surface area contributed by atoms with Crippen molar-refractivity contribution in [2.45, 2.75) is 6.92 Å². The van der Waals surface area contributed by atoms with Crippen LogP contribution in [-0.2, 0) is 4.79 Å². The van der Waals surface area contributed by atoms with Crippen molar-refractivity contribution in [3.05, 3.63) is 54.1 Å². The summed E-state index contributed by atoms with van der Waals surface area (Å²) in [6.07, 6.45) is 0. The molecule has 0 atom stereocenters. The van der Waals surface area contributed by atoms with E-state index in [1.165, 1.54) is 6.92 Å². The molecule has 4 nitrogen and oxygen atoms in total. The first-order chi connectivity index (χ1) is 9.08. The van der Waals surface area contributed by atoms with E-state index in [0.717, 1.165) is 11.1 Å². The molecule has 0 aliphatic carbocycles. The van der Waals surface area contributed by atoms with E-state index in [1.807, 2.05) is 24.3 Å². The molecule has 0 radical (unpaired) electrons. The molecular weight excluding hydrogens is 240 g/mol.